The maximum atomic E-state index is 10.6. The number of ether oxygens (including phenoxy) is 1. The molecule has 1 amide bonds. The molecule has 0 aliphatic heterocycles. The summed E-state index contributed by atoms with van der Waals surface area (Å²) in [6.07, 6.45) is 0.0239. The van der Waals surface area contributed by atoms with E-state index >= 15 is 0 Å². The van der Waals surface area contributed by atoms with Gasteiger partial charge < -0.3 is 10.5 Å². The maximum Gasteiger partial charge on any atom is 0.427 e. The van der Waals surface area contributed by atoms with Crippen molar-refractivity contribution in [2.75, 3.05) is 6.61 Å². The first-order valence-corrected chi connectivity index (χ1v) is 3.45. The Hall–Kier alpha value is -1.26. The first kappa shape index (κ1) is 9.74. The van der Waals surface area contributed by atoms with E-state index in [1.54, 1.807) is 6.92 Å². The molecule has 0 saturated carbocycles. The second kappa shape index (κ2) is 5.52. The number of nitrogens with one attached hydrogen (secondary N) is 1. The van der Waals surface area contributed by atoms with E-state index in [1.807, 2.05) is 6.92 Å². The van der Waals surface area contributed by atoms with E-state index in [2.05, 4.69) is 15.3 Å². The molecule has 0 heterocycles. The molecule has 0 aromatic rings. The van der Waals surface area contributed by atoms with Crippen molar-refractivity contribution < 1.29 is 9.53 Å². The van der Waals surface area contributed by atoms with Gasteiger partial charge >= 0.3 is 6.09 Å². The molecule has 0 spiro atoms. The summed E-state index contributed by atoms with van der Waals surface area (Å²) in [6.45, 7) is 3.88. The lowest BCUT2D eigenvalue weighted by atomic mass is 10.5. The minimum absolute atomic E-state index is 0.327. The molecule has 5 nitrogen and oxygen atoms in total. The highest BCUT2D eigenvalue weighted by atomic mass is 16.5. The first-order chi connectivity index (χ1) is 5.20. The highest BCUT2D eigenvalue weighted by molar-refractivity contribution is 5.81. The summed E-state index contributed by atoms with van der Waals surface area (Å²) in [5.74, 6) is 0.373. The number of hydrazone groups is 1. The monoisotopic (exact) mass is 159 g/mol. The Labute approximate surface area is 65.6 Å². The highest BCUT2D eigenvalue weighted by Crippen LogP contribution is 1.78. The van der Waals surface area contributed by atoms with Crippen molar-refractivity contribution in [3.63, 3.8) is 0 Å². The van der Waals surface area contributed by atoms with Gasteiger partial charge in [-0.2, -0.15) is 5.10 Å². The molecule has 0 aromatic heterocycles. The quantitative estimate of drug-likeness (QED) is 0.356. The molecular weight excluding hydrogens is 146 g/mol. The normalized spacial score (nSPS) is 10.9. The van der Waals surface area contributed by atoms with Crippen LogP contribution in [0.2, 0.25) is 0 Å². The number of amides is 1. The van der Waals surface area contributed by atoms with Gasteiger partial charge in [0.1, 0.15) is 5.84 Å². The van der Waals surface area contributed by atoms with Crippen LogP contribution in [0, 0.1) is 0 Å². The van der Waals surface area contributed by atoms with Gasteiger partial charge in [0.05, 0.1) is 6.61 Å². The fraction of sp³-hybridized carbons (Fsp3) is 0.667. The lowest BCUT2D eigenvalue weighted by Crippen LogP contribution is -2.23. The molecule has 0 radical (unpaired) electrons. The van der Waals surface area contributed by atoms with Crippen molar-refractivity contribution in [2.24, 2.45) is 10.8 Å². The van der Waals surface area contributed by atoms with Crippen LogP contribution in [-0.2, 0) is 4.74 Å². The van der Waals surface area contributed by atoms with Crippen LogP contribution in [0.3, 0.4) is 0 Å². The Kier molecular flexibility index (Phi) is 4.89. The van der Waals surface area contributed by atoms with Gasteiger partial charge in [-0.3, -0.25) is 0 Å². The fourth-order valence-electron chi connectivity index (χ4n) is 0.360. The maximum absolute atomic E-state index is 10.6. The van der Waals surface area contributed by atoms with Crippen LogP contribution in [0.1, 0.15) is 20.3 Å². The number of nitrogens with two attached hydrogens (primary N) is 1. The van der Waals surface area contributed by atoms with Crippen molar-refractivity contribution in [1.29, 1.82) is 0 Å². The van der Waals surface area contributed by atoms with E-state index in [4.69, 9.17) is 5.73 Å². The Balaban J connectivity index is 3.60. The number of amidine groups is 1. The van der Waals surface area contributed by atoms with Crippen LogP contribution >= 0.6 is 0 Å². The van der Waals surface area contributed by atoms with Crippen LogP contribution in [0.25, 0.3) is 0 Å². The van der Waals surface area contributed by atoms with Gasteiger partial charge in [-0.15, -0.1) is 0 Å². The molecule has 0 rings (SSSR count). The molecule has 5 heteroatoms. The fourth-order valence-corrected chi connectivity index (χ4v) is 0.360. The minimum Gasteiger partial charge on any atom is -0.449 e. The Morgan fingerprint density at radius 3 is 2.73 bits per heavy atom. The Morgan fingerprint density at radius 1 is 1.64 bits per heavy atom. The number of carbonyl (C=O) groups excluding carboxylic acids is 1. The summed E-state index contributed by atoms with van der Waals surface area (Å²) in [5.41, 5.74) is 7.43. The van der Waals surface area contributed by atoms with Gasteiger partial charge in [0.15, 0.2) is 0 Å². The number of nitrogens with zero attached hydrogens (tertiary/aromatic N) is 1. The summed E-state index contributed by atoms with van der Waals surface area (Å²) in [4.78, 5) is 10.6. The highest BCUT2D eigenvalue weighted by Gasteiger charge is 1.96. The molecule has 0 saturated heterocycles. The topological polar surface area (TPSA) is 76.7 Å². The third kappa shape index (κ3) is 5.20. The lowest BCUT2D eigenvalue weighted by Gasteiger charge is -1.99. The van der Waals surface area contributed by atoms with E-state index in [1.165, 1.54) is 0 Å². The number of carbonyl (C=O) groups is 1. The Morgan fingerprint density at radius 2 is 2.27 bits per heavy atom. The predicted octanol–water partition coefficient (Wildman–Crippen LogP) is 0.415. The number of rotatable bonds is 3. The third-order valence-electron chi connectivity index (χ3n) is 0.928. The van der Waals surface area contributed by atoms with Crippen molar-refractivity contribution in [3.8, 4) is 0 Å². The van der Waals surface area contributed by atoms with Crippen molar-refractivity contribution in [1.82, 2.24) is 5.43 Å². The standard InChI is InChI=1S/C6H13N3O2/c1-3-5(7)8-9-6(10)11-4-2/h3-4H2,1-2H3,(H2,7,8)(H,9,10). The Bertz CT molecular complexity index is 156. The van der Waals surface area contributed by atoms with Crippen molar-refractivity contribution >= 4 is 11.9 Å². The molecular formula is C6H13N3O2. The third-order valence-corrected chi connectivity index (χ3v) is 0.928. The largest absolute Gasteiger partial charge is 0.449 e. The van der Waals surface area contributed by atoms with Crippen LogP contribution in [-0.4, -0.2) is 18.5 Å². The van der Waals surface area contributed by atoms with Gasteiger partial charge in [-0.25, -0.2) is 10.2 Å². The summed E-state index contributed by atoms with van der Waals surface area (Å²) in [5, 5.41) is 3.53. The molecule has 0 bridgehead atoms. The van der Waals surface area contributed by atoms with Crippen LogP contribution in [0.5, 0.6) is 0 Å². The van der Waals surface area contributed by atoms with Gasteiger partial charge in [0, 0.05) is 6.42 Å². The zero-order chi connectivity index (χ0) is 8.69. The molecule has 0 aliphatic carbocycles. The first-order valence-electron chi connectivity index (χ1n) is 3.45. The van der Waals surface area contributed by atoms with Gasteiger partial charge in [0.25, 0.3) is 0 Å². The van der Waals surface area contributed by atoms with Crippen LogP contribution in [0.15, 0.2) is 5.10 Å². The van der Waals surface area contributed by atoms with E-state index in [-0.39, 0.29) is 0 Å². The summed E-state index contributed by atoms with van der Waals surface area (Å²) in [6, 6.07) is 0. The number of hydrogen-bond acceptors (Lipinski definition) is 3. The molecule has 0 unspecified atom stereocenters. The average Bonchev–Trinajstić information content (AvgIpc) is 2.01. The van der Waals surface area contributed by atoms with Crippen LogP contribution < -0.4 is 11.2 Å². The van der Waals surface area contributed by atoms with Gasteiger partial charge in [-0.05, 0) is 6.92 Å². The lowest BCUT2D eigenvalue weighted by molar-refractivity contribution is 0.152. The smallest absolute Gasteiger partial charge is 0.427 e. The van der Waals surface area contributed by atoms with Crippen molar-refractivity contribution in [2.45, 2.75) is 20.3 Å². The SMILES string of the molecule is CCOC(=O)NN=C(N)CC. The van der Waals surface area contributed by atoms with Gasteiger partial charge in [0.2, 0.25) is 0 Å². The van der Waals surface area contributed by atoms with E-state index in [9.17, 15) is 4.79 Å². The van der Waals surface area contributed by atoms with E-state index in [0.717, 1.165) is 0 Å². The molecule has 0 atom stereocenters. The average molecular weight is 159 g/mol. The van der Waals surface area contributed by atoms with E-state index < -0.39 is 6.09 Å². The zero-order valence-corrected chi connectivity index (χ0v) is 6.76. The molecule has 0 aromatic carbocycles. The summed E-state index contributed by atoms with van der Waals surface area (Å²) >= 11 is 0. The molecule has 0 fully saturated rings. The second-order valence-electron chi connectivity index (χ2n) is 1.79. The molecule has 64 valence electrons. The van der Waals surface area contributed by atoms with E-state index in [0.29, 0.717) is 18.9 Å². The second-order valence-corrected chi connectivity index (χ2v) is 1.79. The molecule has 0 aliphatic rings. The van der Waals surface area contributed by atoms with Crippen LogP contribution in [0.4, 0.5) is 4.79 Å². The van der Waals surface area contributed by atoms with Gasteiger partial charge in [-0.1, -0.05) is 6.92 Å². The predicted molar refractivity (Wildman–Crippen MR) is 42.1 cm³/mol. The number of hydrogen-bond donors (Lipinski definition) is 2. The molecule has 11 heavy (non-hydrogen) atoms. The summed E-state index contributed by atoms with van der Waals surface area (Å²) < 4.78 is 4.52. The van der Waals surface area contributed by atoms with Crippen molar-refractivity contribution in [3.05, 3.63) is 0 Å². The summed E-state index contributed by atoms with van der Waals surface area (Å²) in [7, 11) is 0. The minimum atomic E-state index is -0.580. The zero-order valence-electron chi connectivity index (χ0n) is 6.76. The molecule has 3 N–H and O–H groups in total.